The number of anilines is 2. The van der Waals surface area contributed by atoms with Gasteiger partial charge in [0.2, 0.25) is 0 Å². The number of carbonyl (C=O) groups excluding carboxylic acids is 1. The molecule has 178 valence electrons. The molecule has 0 spiro atoms. The van der Waals surface area contributed by atoms with Crippen molar-refractivity contribution in [2.75, 3.05) is 10.2 Å². The molecule has 4 aromatic heterocycles. The van der Waals surface area contributed by atoms with Gasteiger partial charge in [0.05, 0.1) is 55.0 Å². The van der Waals surface area contributed by atoms with Gasteiger partial charge in [-0.2, -0.15) is 0 Å². The van der Waals surface area contributed by atoms with E-state index < -0.39 is 27.4 Å². The number of morpholine rings is 1. The summed E-state index contributed by atoms with van der Waals surface area (Å²) in [6, 6.07) is 6.37. The largest absolute Gasteiger partial charge is 0.405 e. The number of hydrogen-bond donors (Lipinski definition) is 1. The number of carbonyl (C=O) groups is 1. The molecule has 1 fully saturated rings. The lowest BCUT2D eigenvalue weighted by molar-refractivity contribution is -0.0256. The molecule has 1 amide bonds. The minimum absolute atomic E-state index is 0.0988. The van der Waals surface area contributed by atoms with E-state index in [1.807, 2.05) is 24.6 Å². The van der Waals surface area contributed by atoms with Crippen LogP contribution in [0.5, 0.6) is 0 Å². The molecule has 0 aromatic carbocycles. The van der Waals surface area contributed by atoms with E-state index in [0.717, 1.165) is 27.4 Å². The molecule has 1 saturated heterocycles. The average molecular weight is 508 g/mol. The van der Waals surface area contributed by atoms with E-state index in [2.05, 4.69) is 25.3 Å². The Morgan fingerprint density at radius 1 is 0.875 bits per heavy atom. The first-order valence-electron chi connectivity index (χ1n) is 11.9. The Labute approximate surface area is 242 Å². The van der Waals surface area contributed by atoms with E-state index in [1.54, 1.807) is 24.7 Å². The Morgan fingerprint density at radius 2 is 1.55 bits per heavy atom. The number of rotatable bonds is 4. The van der Waals surface area contributed by atoms with E-state index in [0.29, 0.717) is 5.52 Å². The van der Waals surface area contributed by atoms with Gasteiger partial charge in [0, 0.05) is 36.0 Å². The molecule has 17 heteroatoms. The fraction of sp³-hybridized carbons (Fsp3) is 0.261. The summed E-state index contributed by atoms with van der Waals surface area (Å²) in [4.78, 5) is 31.4. The lowest BCUT2D eigenvalue weighted by Crippen LogP contribution is -2.86. The lowest BCUT2D eigenvalue weighted by Gasteiger charge is -2.70. The van der Waals surface area contributed by atoms with Crippen LogP contribution in [0.3, 0.4) is 0 Å². The monoisotopic (exact) mass is 509 g/mol. The molecule has 0 bridgehead atoms. The zero-order valence-corrected chi connectivity index (χ0v) is 21.7. The third-order valence-corrected chi connectivity index (χ3v) is 6.89. The van der Waals surface area contributed by atoms with Gasteiger partial charge in [0.25, 0.3) is 5.91 Å². The zero-order chi connectivity index (χ0) is 29.3. The Bertz CT molecular complexity index is 1620. The van der Waals surface area contributed by atoms with Crippen molar-refractivity contribution in [2.24, 2.45) is 7.05 Å². The average Bonchev–Trinajstić information content (AvgIpc) is 3.20. The number of ether oxygens (including phenoxy) is 1. The van der Waals surface area contributed by atoms with Gasteiger partial charge in [-0.15, -0.1) is 0 Å². The Hall–Kier alpha value is -3.33. The second-order valence-electron chi connectivity index (χ2n) is 9.77. The SMILES string of the molecule is [B]C1([B])OC([B])([B])C([B])([B])N(c2cc(C(=O)Nc3cc4cc(-c5cnc(C)n5C)cnc4cn3)ccn2)C1([B])[B]. The quantitative estimate of drug-likeness (QED) is 0.346. The van der Waals surface area contributed by atoms with E-state index in [4.69, 9.17) is 67.5 Å². The summed E-state index contributed by atoms with van der Waals surface area (Å²) in [5.41, 5.74) is 2.50. The molecule has 5 rings (SSSR count). The number of aromatic nitrogens is 5. The topological polar surface area (TPSA) is 98.1 Å². The van der Waals surface area contributed by atoms with Crippen LogP contribution in [0, 0.1) is 6.92 Å². The fourth-order valence-electron chi connectivity index (χ4n) is 4.36. The summed E-state index contributed by atoms with van der Waals surface area (Å²) in [5, 5.41) is -5.69. The van der Waals surface area contributed by atoms with Gasteiger partial charge in [-0.05, 0) is 52.7 Å². The first kappa shape index (κ1) is 28.2. The highest BCUT2D eigenvalue weighted by atomic mass is 16.5. The third-order valence-electron chi connectivity index (χ3n) is 6.89. The molecule has 4 aromatic rings. The summed E-state index contributed by atoms with van der Waals surface area (Å²) in [6.07, 6.45) is 6.36. The Morgan fingerprint density at radius 3 is 2.17 bits per heavy atom. The van der Waals surface area contributed by atoms with Gasteiger partial charge in [0.15, 0.2) is 0 Å². The predicted octanol–water partition coefficient (Wildman–Crippen LogP) is -1.21. The van der Waals surface area contributed by atoms with Crippen LogP contribution < -0.4 is 10.2 Å². The number of amides is 1. The summed E-state index contributed by atoms with van der Waals surface area (Å²) in [7, 11) is 50.5. The van der Waals surface area contributed by atoms with Crippen molar-refractivity contribution in [3.8, 4) is 11.3 Å². The number of hydrogen-bond acceptors (Lipinski definition) is 7. The van der Waals surface area contributed by atoms with Gasteiger partial charge in [-0.1, -0.05) is 0 Å². The van der Waals surface area contributed by atoms with Crippen molar-refractivity contribution in [1.82, 2.24) is 24.5 Å². The molecule has 1 N–H and O–H groups in total. The van der Waals surface area contributed by atoms with E-state index >= 15 is 0 Å². The normalized spacial score (nSPS) is 18.8. The van der Waals surface area contributed by atoms with E-state index in [1.165, 1.54) is 18.3 Å². The van der Waals surface area contributed by atoms with Crippen molar-refractivity contribution < 1.29 is 9.53 Å². The second kappa shape index (κ2) is 9.36. The molecule has 0 unspecified atom stereocenters. The minimum Gasteiger partial charge on any atom is -0.405 e. The van der Waals surface area contributed by atoms with Crippen LogP contribution in [0.25, 0.3) is 22.2 Å². The van der Waals surface area contributed by atoms with Gasteiger partial charge in [0.1, 0.15) is 48.8 Å². The summed E-state index contributed by atoms with van der Waals surface area (Å²) in [5.74, 6) is 0.486. The van der Waals surface area contributed by atoms with Gasteiger partial charge in [-0.3, -0.25) is 9.78 Å². The van der Waals surface area contributed by atoms with E-state index in [-0.39, 0.29) is 17.2 Å². The molecule has 1 aliphatic heterocycles. The molecule has 40 heavy (non-hydrogen) atoms. The molecule has 0 saturated carbocycles. The van der Waals surface area contributed by atoms with Crippen LogP contribution in [-0.4, -0.2) is 115 Å². The van der Waals surface area contributed by atoms with Crippen LogP contribution in [0.1, 0.15) is 16.2 Å². The van der Waals surface area contributed by atoms with Crippen LogP contribution >= 0.6 is 0 Å². The van der Waals surface area contributed by atoms with E-state index in [9.17, 15) is 4.79 Å². The smallest absolute Gasteiger partial charge is 0.257 e. The number of nitrogens with zero attached hydrogens (tertiary/aromatic N) is 6. The minimum atomic E-state index is -2.32. The zero-order valence-electron chi connectivity index (χ0n) is 21.7. The number of fused-ring (bicyclic) bond motifs is 1. The molecule has 1 aliphatic rings. The van der Waals surface area contributed by atoms with Gasteiger partial charge in [-0.25, -0.2) is 15.0 Å². The molecule has 5 heterocycles. The number of pyridine rings is 3. The summed E-state index contributed by atoms with van der Waals surface area (Å²) < 4.78 is 7.18. The van der Waals surface area contributed by atoms with Crippen LogP contribution in [0.2, 0.25) is 0 Å². The molecule has 16 radical (unpaired) electrons. The van der Waals surface area contributed by atoms with Gasteiger partial charge >= 0.3 is 0 Å². The van der Waals surface area contributed by atoms with Crippen molar-refractivity contribution in [1.29, 1.82) is 0 Å². The molecule has 0 atom stereocenters. The number of imidazole rings is 1. The van der Waals surface area contributed by atoms with Crippen molar-refractivity contribution in [3.63, 3.8) is 0 Å². The maximum absolute atomic E-state index is 13.2. The summed E-state index contributed by atoms with van der Waals surface area (Å²) >= 11 is 0. The Kier molecular flexibility index (Phi) is 6.60. The third kappa shape index (κ3) is 4.48. The first-order valence-corrected chi connectivity index (χ1v) is 11.9. The number of nitrogens with one attached hydrogen (secondary N) is 1. The first-order chi connectivity index (χ1) is 18.5. The maximum Gasteiger partial charge on any atom is 0.257 e. The molecular formula is C23H15B8N7O2. The summed E-state index contributed by atoms with van der Waals surface area (Å²) in [6.45, 7) is 1.91. The highest BCUT2D eigenvalue weighted by Crippen LogP contribution is 2.42. The standard InChI is InChI=1S/C23H15B8N7O2/c1-11-33-10-16(37(11)2)14-5-13-6-17(35-9-15(13)34-8-14)36-19(39)12-3-4-32-18(7-12)38-20(24,25)22(28,29)40-23(30,31)21(38,26)27/h3-10H,1-2H3,(H,35,36,39). The van der Waals surface area contributed by atoms with Gasteiger partial charge < -0.3 is 19.5 Å². The van der Waals surface area contributed by atoms with Crippen LogP contribution in [0.15, 0.2) is 49.1 Å². The maximum atomic E-state index is 13.2. The fourth-order valence-corrected chi connectivity index (χ4v) is 4.36. The van der Waals surface area contributed by atoms with Crippen molar-refractivity contribution in [3.05, 3.63) is 60.4 Å². The lowest BCUT2D eigenvalue weighted by atomic mass is 9.30. The molecular weight excluding hydrogens is 493 g/mol. The van der Waals surface area contributed by atoms with Crippen molar-refractivity contribution in [2.45, 2.75) is 28.4 Å². The molecule has 0 aliphatic carbocycles. The van der Waals surface area contributed by atoms with Crippen molar-refractivity contribution >= 4 is 91.2 Å². The highest BCUT2D eigenvalue weighted by Gasteiger charge is 2.57. The predicted molar refractivity (Wildman–Crippen MR) is 159 cm³/mol. The number of aryl methyl sites for hydroxylation is 1. The van der Waals surface area contributed by atoms with Crippen LogP contribution in [-0.2, 0) is 11.8 Å². The second-order valence-corrected chi connectivity index (χ2v) is 9.77. The molecule has 9 nitrogen and oxygen atoms in total. The van der Waals surface area contributed by atoms with Crippen LogP contribution in [0.4, 0.5) is 11.6 Å². The Balaban J connectivity index is 1.46. The highest BCUT2D eigenvalue weighted by molar-refractivity contribution is 6.61.